The third-order valence-corrected chi connectivity index (χ3v) is 3.15. The second-order valence-electron chi connectivity index (χ2n) is 4.41. The Bertz CT molecular complexity index is 674. The summed E-state index contributed by atoms with van der Waals surface area (Å²) in [4.78, 5) is 1.69. The molecule has 0 atom stereocenters. The van der Waals surface area contributed by atoms with Crippen LogP contribution in [0, 0.1) is 5.82 Å². The Balaban J connectivity index is 2.37. The third-order valence-electron chi connectivity index (χ3n) is 3.15. The molecule has 0 spiro atoms. The zero-order valence-corrected chi connectivity index (χ0v) is 11.7. The lowest BCUT2D eigenvalue weighted by atomic mass is 10.1. The lowest BCUT2D eigenvalue weighted by molar-refractivity contribution is 0.318. The van der Waals surface area contributed by atoms with Gasteiger partial charge < -0.3 is 20.6 Å². The Morgan fingerprint density at radius 3 is 2.67 bits per heavy atom. The molecule has 2 rings (SSSR count). The molecule has 0 aliphatic carbocycles. The van der Waals surface area contributed by atoms with E-state index >= 15 is 0 Å². The number of hydrogen-bond acceptors (Lipinski definition) is 4. The molecule has 0 unspecified atom stereocenters. The third kappa shape index (κ3) is 3.05. The molecule has 0 heterocycles. The predicted molar refractivity (Wildman–Crippen MR) is 80.0 cm³/mol. The van der Waals surface area contributed by atoms with Crippen molar-refractivity contribution in [1.29, 1.82) is 0 Å². The average Bonchev–Trinajstić information content (AvgIpc) is 2.53. The van der Waals surface area contributed by atoms with Crippen LogP contribution in [-0.4, -0.2) is 25.2 Å². The van der Waals surface area contributed by atoms with E-state index in [1.54, 1.807) is 37.3 Å². The molecule has 0 amide bonds. The van der Waals surface area contributed by atoms with E-state index in [0.29, 0.717) is 17.0 Å². The zero-order chi connectivity index (χ0) is 15.4. The van der Waals surface area contributed by atoms with Gasteiger partial charge in [0.1, 0.15) is 11.6 Å². The van der Waals surface area contributed by atoms with Gasteiger partial charge >= 0.3 is 0 Å². The smallest absolute Gasteiger partial charge is 0.170 e. The second kappa shape index (κ2) is 6.13. The van der Waals surface area contributed by atoms with Crippen LogP contribution in [0.25, 0.3) is 0 Å². The number of oxime groups is 1. The first-order chi connectivity index (χ1) is 10.1. The predicted octanol–water partition coefficient (Wildman–Crippen LogP) is 2.70. The van der Waals surface area contributed by atoms with Gasteiger partial charge in [-0.1, -0.05) is 11.2 Å². The maximum atomic E-state index is 14.2. The molecule has 3 N–H and O–H groups in total. The zero-order valence-electron chi connectivity index (χ0n) is 11.7. The minimum absolute atomic E-state index is 0.135. The van der Waals surface area contributed by atoms with Gasteiger partial charge in [0.25, 0.3) is 0 Å². The highest BCUT2D eigenvalue weighted by Gasteiger charge is 2.12. The highest BCUT2D eigenvalue weighted by molar-refractivity contribution is 5.97. The summed E-state index contributed by atoms with van der Waals surface area (Å²) in [6, 6.07) is 11.7. The topological polar surface area (TPSA) is 71.1 Å². The van der Waals surface area contributed by atoms with Crippen molar-refractivity contribution in [3.05, 3.63) is 53.8 Å². The van der Waals surface area contributed by atoms with Gasteiger partial charge in [-0.05, 0) is 30.3 Å². The minimum atomic E-state index is -0.468. The van der Waals surface area contributed by atoms with Crippen molar-refractivity contribution in [2.75, 3.05) is 19.1 Å². The fourth-order valence-corrected chi connectivity index (χ4v) is 1.95. The normalized spacial score (nSPS) is 11.3. The number of rotatable bonds is 4. The number of halogens is 1. The molecule has 5 nitrogen and oxygen atoms in total. The van der Waals surface area contributed by atoms with Crippen LogP contribution in [0.1, 0.15) is 5.56 Å². The highest BCUT2D eigenvalue weighted by Crippen LogP contribution is 2.29. The molecule has 0 saturated carbocycles. The maximum Gasteiger partial charge on any atom is 0.170 e. The summed E-state index contributed by atoms with van der Waals surface area (Å²) in [6.45, 7) is 0. The Labute approximate surface area is 122 Å². The van der Waals surface area contributed by atoms with Crippen LogP contribution in [0.15, 0.2) is 47.6 Å². The Kier molecular flexibility index (Phi) is 4.27. The first kappa shape index (κ1) is 14.6. The summed E-state index contributed by atoms with van der Waals surface area (Å²) in [6.07, 6.45) is 0. The average molecular weight is 289 g/mol. The molecule has 0 fully saturated rings. The van der Waals surface area contributed by atoms with Crippen molar-refractivity contribution in [1.82, 2.24) is 0 Å². The van der Waals surface area contributed by atoms with Crippen LogP contribution in [0.2, 0.25) is 0 Å². The van der Waals surface area contributed by atoms with Crippen LogP contribution in [0.4, 0.5) is 15.8 Å². The summed E-state index contributed by atoms with van der Waals surface area (Å²) in [7, 11) is 3.32. The van der Waals surface area contributed by atoms with E-state index in [4.69, 9.17) is 15.7 Å². The van der Waals surface area contributed by atoms with E-state index in [0.717, 1.165) is 5.69 Å². The van der Waals surface area contributed by atoms with Crippen molar-refractivity contribution in [3.63, 3.8) is 0 Å². The molecule has 0 saturated heterocycles. The standard InChI is InChI=1S/C15H16FN3O2/c1-19(11-4-3-5-12(9-11)21-2)14-7-6-10(8-13(14)16)15(17)18-20/h3-9,20H,1-2H3,(H2,17,18). The summed E-state index contributed by atoms with van der Waals surface area (Å²) < 4.78 is 19.4. The molecule has 0 radical (unpaired) electrons. The summed E-state index contributed by atoms with van der Waals surface area (Å²) >= 11 is 0. The van der Waals surface area contributed by atoms with Crippen molar-refractivity contribution in [2.24, 2.45) is 10.9 Å². The molecule has 0 aliphatic rings. The van der Waals surface area contributed by atoms with Gasteiger partial charge in [0, 0.05) is 24.4 Å². The summed E-state index contributed by atoms with van der Waals surface area (Å²) in [5.41, 5.74) is 6.91. The van der Waals surface area contributed by atoms with Gasteiger partial charge in [0.2, 0.25) is 0 Å². The second-order valence-corrected chi connectivity index (χ2v) is 4.41. The molecule has 2 aromatic rings. The Morgan fingerprint density at radius 2 is 2.05 bits per heavy atom. The molecule has 0 bridgehead atoms. The first-order valence-corrected chi connectivity index (χ1v) is 6.22. The van der Waals surface area contributed by atoms with Crippen LogP contribution in [0.5, 0.6) is 5.75 Å². The van der Waals surface area contributed by atoms with E-state index in [1.165, 1.54) is 6.07 Å². The SMILES string of the molecule is COc1cccc(N(C)c2ccc(C(N)=NO)cc2F)c1. The molecule has 0 aromatic heterocycles. The number of anilines is 2. The van der Waals surface area contributed by atoms with E-state index in [9.17, 15) is 4.39 Å². The Hall–Kier alpha value is -2.76. The molecular formula is C15H16FN3O2. The van der Waals surface area contributed by atoms with Gasteiger partial charge in [0.15, 0.2) is 5.84 Å². The molecular weight excluding hydrogens is 273 g/mol. The van der Waals surface area contributed by atoms with Crippen LogP contribution < -0.4 is 15.4 Å². The van der Waals surface area contributed by atoms with E-state index in [1.807, 2.05) is 18.2 Å². The first-order valence-electron chi connectivity index (χ1n) is 6.22. The van der Waals surface area contributed by atoms with Gasteiger partial charge in [-0.2, -0.15) is 0 Å². The summed E-state index contributed by atoms with van der Waals surface area (Å²) in [5, 5.41) is 11.5. The van der Waals surface area contributed by atoms with Crippen molar-refractivity contribution < 1.29 is 14.3 Å². The van der Waals surface area contributed by atoms with Crippen LogP contribution >= 0.6 is 0 Å². The number of methoxy groups -OCH3 is 1. The monoisotopic (exact) mass is 289 g/mol. The number of ether oxygens (including phenoxy) is 1. The van der Waals surface area contributed by atoms with Gasteiger partial charge in [-0.15, -0.1) is 0 Å². The molecule has 21 heavy (non-hydrogen) atoms. The lowest BCUT2D eigenvalue weighted by Crippen LogP contribution is -2.15. The van der Waals surface area contributed by atoms with Gasteiger partial charge in [-0.3, -0.25) is 0 Å². The number of hydrogen-bond donors (Lipinski definition) is 2. The van der Waals surface area contributed by atoms with Crippen molar-refractivity contribution >= 4 is 17.2 Å². The van der Waals surface area contributed by atoms with Crippen molar-refractivity contribution in [3.8, 4) is 5.75 Å². The Morgan fingerprint density at radius 1 is 1.29 bits per heavy atom. The quantitative estimate of drug-likeness (QED) is 0.393. The molecule has 110 valence electrons. The largest absolute Gasteiger partial charge is 0.497 e. The number of benzene rings is 2. The van der Waals surface area contributed by atoms with Crippen molar-refractivity contribution in [2.45, 2.75) is 0 Å². The van der Waals surface area contributed by atoms with Gasteiger partial charge in [0.05, 0.1) is 12.8 Å². The number of nitrogens with zero attached hydrogens (tertiary/aromatic N) is 2. The number of nitrogens with two attached hydrogens (primary N) is 1. The molecule has 0 aliphatic heterocycles. The highest BCUT2D eigenvalue weighted by atomic mass is 19.1. The van der Waals surface area contributed by atoms with E-state index in [2.05, 4.69) is 5.16 Å². The fourth-order valence-electron chi connectivity index (χ4n) is 1.95. The molecule has 2 aromatic carbocycles. The minimum Gasteiger partial charge on any atom is -0.497 e. The lowest BCUT2D eigenvalue weighted by Gasteiger charge is -2.21. The molecule has 6 heteroatoms. The van der Waals surface area contributed by atoms with E-state index in [-0.39, 0.29) is 5.84 Å². The maximum absolute atomic E-state index is 14.2. The fraction of sp³-hybridized carbons (Fsp3) is 0.133. The van der Waals surface area contributed by atoms with E-state index < -0.39 is 5.82 Å². The van der Waals surface area contributed by atoms with Gasteiger partial charge in [-0.25, -0.2) is 4.39 Å². The summed E-state index contributed by atoms with van der Waals surface area (Å²) in [5.74, 6) is 0.0851. The van der Waals surface area contributed by atoms with Crippen LogP contribution in [-0.2, 0) is 0 Å². The van der Waals surface area contributed by atoms with Crippen LogP contribution in [0.3, 0.4) is 0 Å². The number of amidine groups is 1.